The minimum atomic E-state index is 0.684. The van der Waals surface area contributed by atoms with Gasteiger partial charge in [0.05, 0.1) is 7.11 Å². The summed E-state index contributed by atoms with van der Waals surface area (Å²) >= 11 is 0. The predicted molar refractivity (Wildman–Crippen MR) is 49.1 cm³/mol. The van der Waals surface area contributed by atoms with Crippen LogP contribution in [-0.4, -0.2) is 23.6 Å². The number of nitrogens with zero attached hydrogens (tertiary/aromatic N) is 2. The lowest BCUT2D eigenvalue weighted by molar-refractivity contribution is 0.261. The van der Waals surface area contributed by atoms with Crippen LogP contribution in [0.2, 0.25) is 0 Å². The average Bonchev–Trinajstić information content (AvgIpc) is 2.17. The van der Waals surface area contributed by atoms with Crippen LogP contribution in [0.25, 0.3) is 0 Å². The Morgan fingerprint density at radius 1 is 1.54 bits per heavy atom. The third-order valence-corrected chi connectivity index (χ3v) is 2.31. The molecule has 0 bridgehead atoms. The zero-order valence-electron chi connectivity index (χ0n) is 7.66. The van der Waals surface area contributed by atoms with Gasteiger partial charge < -0.3 is 4.74 Å². The van der Waals surface area contributed by atoms with Crippen molar-refractivity contribution in [2.75, 3.05) is 13.7 Å². The van der Waals surface area contributed by atoms with Crippen molar-refractivity contribution in [2.45, 2.75) is 13.0 Å². The van der Waals surface area contributed by atoms with E-state index in [0.717, 1.165) is 19.5 Å². The summed E-state index contributed by atoms with van der Waals surface area (Å²) in [5.41, 5.74) is 2.50. The maximum Gasteiger partial charge on any atom is 0.213 e. The van der Waals surface area contributed by atoms with Gasteiger partial charge in [-0.15, -0.1) is 0 Å². The Morgan fingerprint density at radius 3 is 3.15 bits per heavy atom. The van der Waals surface area contributed by atoms with Crippen LogP contribution in [0.3, 0.4) is 0 Å². The summed E-state index contributed by atoms with van der Waals surface area (Å²) < 4.78 is 5.05. The number of methoxy groups -OCH3 is 1. The van der Waals surface area contributed by atoms with E-state index in [9.17, 15) is 0 Å². The number of hydrogen-bond donors (Lipinski definition) is 1. The minimum Gasteiger partial charge on any atom is -0.481 e. The second-order valence-electron chi connectivity index (χ2n) is 3.22. The van der Waals surface area contributed by atoms with Crippen LogP contribution in [0.15, 0.2) is 12.3 Å². The summed E-state index contributed by atoms with van der Waals surface area (Å²) in [5, 5.41) is 1.80. The quantitative estimate of drug-likeness (QED) is 0.631. The van der Waals surface area contributed by atoms with Crippen LogP contribution in [0, 0.1) is 0 Å². The summed E-state index contributed by atoms with van der Waals surface area (Å²) in [6, 6.07) is 1.99. The Morgan fingerprint density at radius 2 is 2.38 bits per heavy atom. The van der Waals surface area contributed by atoms with Crippen molar-refractivity contribution in [3.05, 3.63) is 23.4 Å². The largest absolute Gasteiger partial charge is 0.481 e. The minimum absolute atomic E-state index is 0.684. The molecule has 4 nitrogen and oxygen atoms in total. The van der Waals surface area contributed by atoms with E-state index < -0.39 is 0 Å². The Labute approximate surface area is 77.3 Å². The van der Waals surface area contributed by atoms with Crippen LogP contribution >= 0.6 is 0 Å². The Kier molecular flexibility index (Phi) is 2.16. The number of aromatic nitrogens is 1. The first-order valence-electron chi connectivity index (χ1n) is 4.31. The van der Waals surface area contributed by atoms with Gasteiger partial charge in [0.15, 0.2) is 0 Å². The molecular weight excluding hydrogens is 166 g/mol. The molecule has 0 aromatic carbocycles. The van der Waals surface area contributed by atoms with E-state index >= 15 is 0 Å². The summed E-state index contributed by atoms with van der Waals surface area (Å²) in [5.74, 6) is 6.38. The van der Waals surface area contributed by atoms with E-state index in [1.54, 1.807) is 12.1 Å². The van der Waals surface area contributed by atoms with Crippen LogP contribution in [-0.2, 0) is 13.0 Å². The second-order valence-corrected chi connectivity index (χ2v) is 3.22. The van der Waals surface area contributed by atoms with Gasteiger partial charge >= 0.3 is 0 Å². The zero-order chi connectivity index (χ0) is 9.26. The van der Waals surface area contributed by atoms with Crippen LogP contribution in [0.5, 0.6) is 5.88 Å². The molecule has 4 heteroatoms. The van der Waals surface area contributed by atoms with Gasteiger partial charge in [0.25, 0.3) is 0 Å². The first kappa shape index (κ1) is 8.47. The van der Waals surface area contributed by atoms with E-state index in [4.69, 9.17) is 10.6 Å². The van der Waals surface area contributed by atoms with Gasteiger partial charge in [0.2, 0.25) is 5.88 Å². The molecular formula is C9H13N3O. The molecule has 1 aromatic heterocycles. The molecule has 0 unspecified atom stereocenters. The van der Waals surface area contributed by atoms with Gasteiger partial charge in [-0.25, -0.2) is 9.99 Å². The highest BCUT2D eigenvalue weighted by Gasteiger charge is 2.14. The number of rotatable bonds is 1. The molecule has 70 valence electrons. The molecule has 0 radical (unpaired) electrons. The maximum atomic E-state index is 5.69. The standard InChI is InChI=1S/C9H13N3O/c1-13-9-4-7-2-3-12(10)6-8(7)5-11-9/h4-5H,2-3,6,10H2,1H3. The lowest BCUT2D eigenvalue weighted by Crippen LogP contribution is -2.36. The summed E-state index contributed by atoms with van der Waals surface area (Å²) in [6.45, 7) is 1.69. The van der Waals surface area contributed by atoms with Crippen molar-refractivity contribution in [3.63, 3.8) is 0 Å². The highest BCUT2D eigenvalue weighted by Crippen LogP contribution is 2.19. The first-order chi connectivity index (χ1) is 6.29. The monoisotopic (exact) mass is 179 g/mol. The van der Waals surface area contributed by atoms with Crippen LogP contribution in [0.4, 0.5) is 0 Å². The van der Waals surface area contributed by atoms with Gasteiger partial charge in [-0.2, -0.15) is 0 Å². The average molecular weight is 179 g/mol. The molecule has 2 N–H and O–H groups in total. The smallest absolute Gasteiger partial charge is 0.213 e. The zero-order valence-corrected chi connectivity index (χ0v) is 7.66. The number of fused-ring (bicyclic) bond motifs is 1. The molecule has 1 aliphatic heterocycles. The van der Waals surface area contributed by atoms with E-state index in [1.807, 2.05) is 12.3 Å². The van der Waals surface area contributed by atoms with Crippen molar-refractivity contribution in [2.24, 2.45) is 5.84 Å². The molecule has 13 heavy (non-hydrogen) atoms. The van der Waals surface area contributed by atoms with Gasteiger partial charge in [-0.1, -0.05) is 0 Å². The van der Waals surface area contributed by atoms with Crippen LogP contribution < -0.4 is 10.6 Å². The van der Waals surface area contributed by atoms with Gasteiger partial charge in [-0.3, -0.25) is 5.84 Å². The molecule has 0 saturated carbocycles. The predicted octanol–water partition coefficient (Wildman–Crippen LogP) is 0.322. The Hall–Kier alpha value is -1.13. The number of ether oxygens (including phenoxy) is 1. The van der Waals surface area contributed by atoms with E-state index in [-0.39, 0.29) is 0 Å². The number of hydrogen-bond acceptors (Lipinski definition) is 4. The van der Waals surface area contributed by atoms with Crippen molar-refractivity contribution >= 4 is 0 Å². The van der Waals surface area contributed by atoms with E-state index in [2.05, 4.69) is 4.98 Å². The van der Waals surface area contributed by atoms with E-state index in [1.165, 1.54) is 11.1 Å². The molecule has 0 atom stereocenters. The normalized spacial score (nSPS) is 16.8. The lowest BCUT2D eigenvalue weighted by atomic mass is 10.0. The summed E-state index contributed by atoms with van der Waals surface area (Å²) in [6.07, 6.45) is 2.82. The van der Waals surface area contributed by atoms with Crippen molar-refractivity contribution in [1.29, 1.82) is 0 Å². The second kappa shape index (κ2) is 3.32. The fraction of sp³-hybridized carbons (Fsp3) is 0.444. The Bertz CT molecular complexity index is 314. The van der Waals surface area contributed by atoms with Gasteiger partial charge in [-0.05, 0) is 17.5 Å². The topological polar surface area (TPSA) is 51.4 Å². The van der Waals surface area contributed by atoms with Crippen molar-refractivity contribution in [1.82, 2.24) is 9.99 Å². The third kappa shape index (κ3) is 1.64. The van der Waals surface area contributed by atoms with Crippen LogP contribution in [0.1, 0.15) is 11.1 Å². The molecule has 0 spiro atoms. The van der Waals surface area contributed by atoms with Gasteiger partial charge in [0, 0.05) is 25.4 Å². The van der Waals surface area contributed by atoms with Crippen molar-refractivity contribution < 1.29 is 4.74 Å². The molecule has 0 amide bonds. The number of pyridine rings is 1. The molecule has 0 saturated heterocycles. The Balaban J connectivity index is 2.31. The summed E-state index contributed by atoms with van der Waals surface area (Å²) in [7, 11) is 1.63. The SMILES string of the molecule is COc1cc2c(cn1)CN(N)CC2. The van der Waals surface area contributed by atoms with Crippen molar-refractivity contribution in [3.8, 4) is 5.88 Å². The van der Waals surface area contributed by atoms with E-state index in [0.29, 0.717) is 5.88 Å². The maximum absolute atomic E-state index is 5.69. The molecule has 2 heterocycles. The highest BCUT2D eigenvalue weighted by molar-refractivity contribution is 5.31. The number of hydrazine groups is 1. The molecule has 2 rings (SSSR count). The summed E-state index contributed by atoms with van der Waals surface area (Å²) in [4.78, 5) is 4.14. The molecule has 1 aromatic rings. The highest BCUT2D eigenvalue weighted by atomic mass is 16.5. The lowest BCUT2D eigenvalue weighted by Gasteiger charge is -2.24. The van der Waals surface area contributed by atoms with Gasteiger partial charge in [0.1, 0.15) is 0 Å². The molecule has 0 aliphatic carbocycles. The fourth-order valence-electron chi connectivity index (χ4n) is 1.55. The third-order valence-electron chi connectivity index (χ3n) is 2.31. The molecule has 1 aliphatic rings. The fourth-order valence-corrected chi connectivity index (χ4v) is 1.55. The number of nitrogens with two attached hydrogens (primary N) is 1. The first-order valence-corrected chi connectivity index (χ1v) is 4.31. The molecule has 0 fully saturated rings.